The first-order chi connectivity index (χ1) is 4.26. The molecule has 52 valence electrons. The SMILES string of the molecule is C/C=C(\CI)C(=O)ON. The lowest BCUT2D eigenvalue weighted by Gasteiger charge is -1.96. The molecule has 0 rings (SSSR count). The largest absolute Gasteiger partial charge is 0.370 e. The minimum Gasteiger partial charge on any atom is -0.370 e. The molecule has 0 aromatic heterocycles. The first-order valence-corrected chi connectivity index (χ1v) is 3.91. The van der Waals surface area contributed by atoms with Crippen LogP contribution in [-0.2, 0) is 9.63 Å². The summed E-state index contributed by atoms with van der Waals surface area (Å²) < 4.78 is 0.629. The maximum Gasteiger partial charge on any atom is 0.352 e. The molecule has 4 heteroatoms. The highest BCUT2D eigenvalue weighted by Crippen LogP contribution is 2.00. The smallest absolute Gasteiger partial charge is 0.352 e. The summed E-state index contributed by atoms with van der Waals surface area (Å²) in [4.78, 5) is 14.5. The third-order valence-corrected chi connectivity index (χ3v) is 1.68. The number of allylic oxidation sites excluding steroid dienone is 1. The van der Waals surface area contributed by atoms with Gasteiger partial charge in [-0.3, -0.25) is 0 Å². The van der Waals surface area contributed by atoms with Crippen molar-refractivity contribution in [2.24, 2.45) is 5.90 Å². The molecule has 0 aliphatic carbocycles. The second kappa shape index (κ2) is 4.75. The van der Waals surface area contributed by atoms with Gasteiger partial charge in [0.05, 0.1) is 0 Å². The molecule has 0 spiro atoms. The number of nitrogens with two attached hydrogens (primary N) is 1. The number of hydrogen-bond acceptors (Lipinski definition) is 3. The molecule has 0 atom stereocenters. The first kappa shape index (κ1) is 8.90. The molecule has 0 unspecified atom stereocenters. The Labute approximate surface area is 67.3 Å². The van der Waals surface area contributed by atoms with Gasteiger partial charge in [-0.2, -0.15) is 5.90 Å². The highest BCUT2D eigenvalue weighted by molar-refractivity contribution is 14.1. The zero-order valence-corrected chi connectivity index (χ0v) is 7.21. The Morgan fingerprint density at radius 1 is 1.89 bits per heavy atom. The predicted molar refractivity (Wildman–Crippen MR) is 42.9 cm³/mol. The lowest BCUT2D eigenvalue weighted by molar-refractivity contribution is -0.139. The first-order valence-electron chi connectivity index (χ1n) is 2.38. The Kier molecular flexibility index (Phi) is 4.70. The normalized spacial score (nSPS) is 11.2. The third kappa shape index (κ3) is 2.81. The second-order valence-corrected chi connectivity index (χ2v) is 2.12. The fourth-order valence-electron chi connectivity index (χ4n) is 0.325. The number of hydrogen-bond donors (Lipinski definition) is 1. The molecular weight excluding hydrogens is 233 g/mol. The number of carbonyl (C=O) groups is 1. The summed E-state index contributed by atoms with van der Waals surface area (Å²) in [6.45, 7) is 1.77. The summed E-state index contributed by atoms with van der Waals surface area (Å²) in [5.74, 6) is 4.18. The van der Waals surface area contributed by atoms with Crippen molar-refractivity contribution < 1.29 is 9.63 Å². The number of carbonyl (C=O) groups excluding carboxylic acids is 1. The van der Waals surface area contributed by atoms with E-state index in [-0.39, 0.29) is 0 Å². The van der Waals surface area contributed by atoms with Crippen molar-refractivity contribution in [1.29, 1.82) is 0 Å². The summed E-state index contributed by atoms with van der Waals surface area (Å²) >= 11 is 2.06. The Hall–Kier alpha value is -0.100. The van der Waals surface area contributed by atoms with Gasteiger partial charge in [-0.15, -0.1) is 0 Å². The number of halogens is 1. The lowest BCUT2D eigenvalue weighted by atomic mass is 10.3. The predicted octanol–water partition coefficient (Wildman–Crippen LogP) is 0.785. The van der Waals surface area contributed by atoms with Crippen LogP contribution in [0.15, 0.2) is 11.6 Å². The Morgan fingerprint density at radius 3 is 2.56 bits per heavy atom. The average Bonchev–Trinajstić information content (AvgIpc) is 1.90. The van der Waals surface area contributed by atoms with E-state index in [4.69, 9.17) is 0 Å². The van der Waals surface area contributed by atoms with Crippen LogP contribution in [0.5, 0.6) is 0 Å². The van der Waals surface area contributed by atoms with Crippen LogP contribution < -0.4 is 5.90 Å². The standard InChI is InChI=1S/C5H8INO2/c1-2-4(3-6)5(8)9-7/h2H,3,7H2,1H3/b4-2+. The summed E-state index contributed by atoms with van der Waals surface area (Å²) in [7, 11) is 0. The molecule has 2 N–H and O–H groups in total. The van der Waals surface area contributed by atoms with Gasteiger partial charge in [0, 0.05) is 10.0 Å². The topological polar surface area (TPSA) is 52.3 Å². The van der Waals surface area contributed by atoms with Crippen molar-refractivity contribution >= 4 is 28.6 Å². The van der Waals surface area contributed by atoms with Crippen LogP contribution in [0.1, 0.15) is 6.92 Å². The molecule has 0 saturated carbocycles. The van der Waals surface area contributed by atoms with Gasteiger partial charge in [0.25, 0.3) is 0 Å². The quantitative estimate of drug-likeness (QED) is 0.336. The molecule has 0 fully saturated rings. The summed E-state index contributed by atoms with van der Waals surface area (Å²) in [6, 6.07) is 0. The monoisotopic (exact) mass is 241 g/mol. The number of rotatable bonds is 2. The minimum atomic E-state index is -0.452. The molecule has 0 radical (unpaired) electrons. The summed E-state index contributed by atoms with van der Waals surface area (Å²) in [5, 5.41) is 0. The number of alkyl halides is 1. The van der Waals surface area contributed by atoms with Crippen molar-refractivity contribution in [3.05, 3.63) is 11.6 Å². The van der Waals surface area contributed by atoms with Gasteiger partial charge in [0.15, 0.2) is 0 Å². The van der Waals surface area contributed by atoms with E-state index in [0.717, 1.165) is 0 Å². The molecule has 0 aromatic carbocycles. The minimum absolute atomic E-state index is 0.452. The van der Waals surface area contributed by atoms with Crippen LogP contribution in [0, 0.1) is 0 Å². The van der Waals surface area contributed by atoms with Crippen molar-refractivity contribution in [2.45, 2.75) is 6.92 Å². The highest BCUT2D eigenvalue weighted by atomic mass is 127. The molecule has 0 saturated heterocycles. The molecule has 0 aromatic rings. The molecule has 0 aliphatic rings. The third-order valence-electron chi connectivity index (χ3n) is 0.862. The van der Waals surface area contributed by atoms with E-state index in [2.05, 4.69) is 33.3 Å². The zero-order valence-electron chi connectivity index (χ0n) is 5.06. The van der Waals surface area contributed by atoms with Gasteiger partial charge in [-0.05, 0) is 6.92 Å². The summed E-state index contributed by atoms with van der Waals surface area (Å²) in [6.07, 6.45) is 1.68. The van der Waals surface area contributed by atoms with E-state index in [1.807, 2.05) is 0 Å². The van der Waals surface area contributed by atoms with E-state index < -0.39 is 5.97 Å². The van der Waals surface area contributed by atoms with Crippen LogP contribution >= 0.6 is 22.6 Å². The van der Waals surface area contributed by atoms with Crippen molar-refractivity contribution in [3.63, 3.8) is 0 Å². The van der Waals surface area contributed by atoms with Gasteiger partial charge in [0.2, 0.25) is 0 Å². The van der Waals surface area contributed by atoms with E-state index in [1.54, 1.807) is 13.0 Å². The fraction of sp³-hybridized carbons (Fsp3) is 0.400. The van der Waals surface area contributed by atoms with Crippen molar-refractivity contribution in [3.8, 4) is 0 Å². The van der Waals surface area contributed by atoms with Crippen LogP contribution in [0.3, 0.4) is 0 Å². The van der Waals surface area contributed by atoms with Crippen molar-refractivity contribution in [2.75, 3.05) is 4.43 Å². The van der Waals surface area contributed by atoms with Gasteiger partial charge in [-0.25, -0.2) is 4.79 Å². The van der Waals surface area contributed by atoms with E-state index in [0.29, 0.717) is 10.0 Å². The lowest BCUT2D eigenvalue weighted by Crippen LogP contribution is -2.12. The maximum atomic E-state index is 10.6. The van der Waals surface area contributed by atoms with Gasteiger partial charge in [-0.1, -0.05) is 28.7 Å². The van der Waals surface area contributed by atoms with Gasteiger partial charge < -0.3 is 4.84 Å². The van der Waals surface area contributed by atoms with Gasteiger partial charge >= 0.3 is 5.97 Å². The molecule has 0 heterocycles. The molecular formula is C5H8INO2. The van der Waals surface area contributed by atoms with Crippen molar-refractivity contribution in [1.82, 2.24) is 0 Å². The summed E-state index contributed by atoms with van der Waals surface area (Å²) in [5.41, 5.74) is 0.595. The molecule has 3 nitrogen and oxygen atoms in total. The zero-order chi connectivity index (χ0) is 7.28. The molecule has 9 heavy (non-hydrogen) atoms. The molecule has 0 aliphatic heterocycles. The fourth-order valence-corrected chi connectivity index (χ4v) is 1.08. The van der Waals surface area contributed by atoms with Crippen LogP contribution in [0.4, 0.5) is 0 Å². The van der Waals surface area contributed by atoms with Crippen LogP contribution in [-0.4, -0.2) is 10.4 Å². The Balaban J connectivity index is 3.97. The van der Waals surface area contributed by atoms with Crippen LogP contribution in [0.2, 0.25) is 0 Å². The highest BCUT2D eigenvalue weighted by Gasteiger charge is 2.05. The van der Waals surface area contributed by atoms with E-state index in [1.165, 1.54) is 0 Å². The average molecular weight is 241 g/mol. The molecule has 0 amide bonds. The Bertz CT molecular complexity index is 133. The van der Waals surface area contributed by atoms with E-state index >= 15 is 0 Å². The van der Waals surface area contributed by atoms with E-state index in [9.17, 15) is 4.79 Å². The van der Waals surface area contributed by atoms with Gasteiger partial charge in [0.1, 0.15) is 0 Å². The second-order valence-electron chi connectivity index (χ2n) is 1.35. The van der Waals surface area contributed by atoms with Crippen LogP contribution in [0.25, 0.3) is 0 Å². The molecule has 0 bridgehead atoms. The maximum absolute atomic E-state index is 10.6. The Morgan fingerprint density at radius 2 is 2.44 bits per heavy atom.